The molecular weight excluding hydrogens is 244 g/mol. The van der Waals surface area contributed by atoms with Gasteiger partial charge in [0.2, 0.25) is 0 Å². The van der Waals surface area contributed by atoms with Crippen molar-refractivity contribution in [1.82, 2.24) is 10.2 Å². The number of nitrogens with zero attached hydrogens (tertiary/aromatic N) is 1. The van der Waals surface area contributed by atoms with Gasteiger partial charge < -0.3 is 10.2 Å². The van der Waals surface area contributed by atoms with Gasteiger partial charge in [-0.15, -0.1) is 0 Å². The van der Waals surface area contributed by atoms with Gasteiger partial charge >= 0.3 is 0 Å². The van der Waals surface area contributed by atoms with Crippen molar-refractivity contribution in [3.63, 3.8) is 0 Å². The van der Waals surface area contributed by atoms with E-state index in [1.165, 1.54) is 45.4 Å². The third-order valence-corrected chi connectivity index (χ3v) is 6.29. The molecule has 1 N–H and O–H groups in total. The van der Waals surface area contributed by atoms with E-state index in [0.717, 1.165) is 35.6 Å². The first-order valence-corrected chi connectivity index (χ1v) is 9.08. The molecular formula is C18H34N2. The van der Waals surface area contributed by atoms with Gasteiger partial charge in [0.1, 0.15) is 0 Å². The summed E-state index contributed by atoms with van der Waals surface area (Å²) in [4.78, 5) is 2.81. The Balaban J connectivity index is 1.42. The van der Waals surface area contributed by atoms with Crippen LogP contribution in [0.5, 0.6) is 0 Å². The highest BCUT2D eigenvalue weighted by Crippen LogP contribution is 2.50. The molecule has 0 aromatic rings. The molecule has 1 saturated heterocycles. The molecule has 0 spiro atoms. The zero-order chi connectivity index (χ0) is 14.1. The first-order chi connectivity index (χ1) is 9.63. The van der Waals surface area contributed by atoms with Crippen molar-refractivity contribution in [3.05, 3.63) is 0 Å². The molecule has 2 heteroatoms. The van der Waals surface area contributed by atoms with Gasteiger partial charge in [0.15, 0.2) is 0 Å². The average molecular weight is 278 g/mol. The van der Waals surface area contributed by atoms with Gasteiger partial charge in [-0.2, -0.15) is 0 Å². The quantitative estimate of drug-likeness (QED) is 0.801. The highest BCUT2D eigenvalue weighted by Gasteiger charge is 2.43. The summed E-state index contributed by atoms with van der Waals surface area (Å²) in [5.74, 6) is 4.87. The fourth-order valence-electron chi connectivity index (χ4n) is 5.13. The maximum Gasteiger partial charge on any atom is 0.00980 e. The lowest BCUT2D eigenvalue weighted by molar-refractivity contribution is 0.140. The molecule has 20 heavy (non-hydrogen) atoms. The molecule has 5 atom stereocenters. The van der Waals surface area contributed by atoms with Crippen LogP contribution in [0.4, 0.5) is 0 Å². The van der Waals surface area contributed by atoms with Crippen molar-refractivity contribution in [2.75, 3.05) is 26.2 Å². The van der Waals surface area contributed by atoms with Crippen LogP contribution in [0.2, 0.25) is 0 Å². The average Bonchev–Trinajstić information content (AvgIpc) is 3.13. The highest BCUT2D eigenvalue weighted by molar-refractivity contribution is 4.96. The summed E-state index contributed by atoms with van der Waals surface area (Å²) in [5.41, 5.74) is 0. The summed E-state index contributed by atoms with van der Waals surface area (Å²) in [5, 5.41) is 3.66. The van der Waals surface area contributed by atoms with Crippen molar-refractivity contribution >= 4 is 0 Å². The van der Waals surface area contributed by atoms with Crippen LogP contribution in [0.1, 0.15) is 52.9 Å². The molecule has 3 rings (SSSR count). The first kappa shape index (κ1) is 14.8. The molecule has 2 aliphatic carbocycles. The summed E-state index contributed by atoms with van der Waals surface area (Å²) < 4.78 is 0. The van der Waals surface area contributed by atoms with E-state index in [1.807, 2.05) is 0 Å². The lowest BCUT2D eigenvalue weighted by atomic mass is 9.83. The lowest BCUT2D eigenvalue weighted by Crippen LogP contribution is -2.39. The normalized spacial score (nSPS) is 39.0. The molecule has 2 bridgehead atoms. The summed E-state index contributed by atoms with van der Waals surface area (Å²) in [6, 6.07) is 0.848. The fourth-order valence-corrected chi connectivity index (χ4v) is 5.13. The number of likely N-dealkylation sites (tertiary alicyclic amines) is 1. The standard InChI is InChI=1S/C18H34N2/c1-13(2)10-19-11-16-6-7-20(12-16)14(3)18-9-15-4-5-17(18)8-15/h13-19H,4-12H2,1-3H3. The van der Waals surface area contributed by atoms with Gasteiger partial charge in [-0.3, -0.25) is 0 Å². The van der Waals surface area contributed by atoms with E-state index in [-0.39, 0.29) is 0 Å². The number of nitrogens with one attached hydrogen (secondary N) is 1. The molecule has 116 valence electrons. The molecule has 1 heterocycles. The smallest absolute Gasteiger partial charge is 0.00980 e. The van der Waals surface area contributed by atoms with Crippen molar-refractivity contribution < 1.29 is 0 Å². The Kier molecular flexibility index (Phi) is 4.72. The van der Waals surface area contributed by atoms with E-state index in [4.69, 9.17) is 0 Å². The van der Waals surface area contributed by atoms with E-state index < -0.39 is 0 Å². The van der Waals surface area contributed by atoms with E-state index in [1.54, 1.807) is 12.8 Å². The zero-order valence-electron chi connectivity index (χ0n) is 13.8. The molecule has 1 aliphatic heterocycles. The maximum absolute atomic E-state index is 3.66. The minimum Gasteiger partial charge on any atom is -0.316 e. The van der Waals surface area contributed by atoms with Crippen LogP contribution in [0, 0.1) is 29.6 Å². The Labute approximate surface area is 125 Å². The van der Waals surface area contributed by atoms with E-state index >= 15 is 0 Å². The van der Waals surface area contributed by atoms with Crippen LogP contribution in [-0.2, 0) is 0 Å². The summed E-state index contributed by atoms with van der Waals surface area (Å²) in [7, 11) is 0. The molecule has 0 amide bonds. The van der Waals surface area contributed by atoms with Gasteiger partial charge in [-0.05, 0) is 81.8 Å². The van der Waals surface area contributed by atoms with Gasteiger partial charge in [-0.25, -0.2) is 0 Å². The monoisotopic (exact) mass is 278 g/mol. The number of fused-ring (bicyclic) bond motifs is 2. The summed E-state index contributed by atoms with van der Waals surface area (Å²) in [6.07, 6.45) is 7.58. The molecule has 0 radical (unpaired) electrons. The second-order valence-corrected chi connectivity index (χ2v) is 8.28. The third-order valence-electron chi connectivity index (χ3n) is 6.29. The summed E-state index contributed by atoms with van der Waals surface area (Å²) >= 11 is 0. The Morgan fingerprint density at radius 1 is 1.10 bits per heavy atom. The van der Waals surface area contributed by atoms with Crippen molar-refractivity contribution in [2.45, 2.75) is 58.9 Å². The number of hydrogen-bond donors (Lipinski definition) is 1. The van der Waals surface area contributed by atoms with E-state index in [2.05, 4.69) is 31.0 Å². The second-order valence-electron chi connectivity index (χ2n) is 8.28. The Morgan fingerprint density at radius 3 is 2.60 bits per heavy atom. The van der Waals surface area contributed by atoms with Gasteiger partial charge in [0.25, 0.3) is 0 Å². The molecule has 3 fully saturated rings. The topological polar surface area (TPSA) is 15.3 Å². The molecule has 3 aliphatic rings. The van der Waals surface area contributed by atoms with Crippen LogP contribution in [0.25, 0.3) is 0 Å². The van der Waals surface area contributed by atoms with Crippen LogP contribution >= 0.6 is 0 Å². The predicted octanol–water partition coefficient (Wildman–Crippen LogP) is 3.38. The van der Waals surface area contributed by atoms with Gasteiger partial charge in [-0.1, -0.05) is 20.3 Å². The fraction of sp³-hybridized carbons (Fsp3) is 1.00. The predicted molar refractivity (Wildman–Crippen MR) is 85.8 cm³/mol. The molecule has 2 nitrogen and oxygen atoms in total. The van der Waals surface area contributed by atoms with E-state index in [0.29, 0.717) is 0 Å². The summed E-state index contributed by atoms with van der Waals surface area (Å²) in [6.45, 7) is 12.2. The second kappa shape index (κ2) is 6.36. The highest BCUT2D eigenvalue weighted by atomic mass is 15.2. The minimum absolute atomic E-state index is 0.778. The maximum atomic E-state index is 3.66. The zero-order valence-corrected chi connectivity index (χ0v) is 13.8. The molecule has 5 unspecified atom stereocenters. The molecule has 0 aromatic carbocycles. The first-order valence-electron chi connectivity index (χ1n) is 9.08. The van der Waals surface area contributed by atoms with Crippen molar-refractivity contribution in [3.8, 4) is 0 Å². The van der Waals surface area contributed by atoms with Crippen LogP contribution in [0.15, 0.2) is 0 Å². The SMILES string of the molecule is CC(C)CNCC1CCN(C(C)C2CC3CCC2C3)C1. The van der Waals surface area contributed by atoms with Gasteiger partial charge in [0, 0.05) is 12.6 Å². The van der Waals surface area contributed by atoms with E-state index in [9.17, 15) is 0 Å². The molecule has 2 saturated carbocycles. The van der Waals surface area contributed by atoms with Crippen LogP contribution in [-0.4, -0.2) is 37.1 Å². The van der Waals surface area contributed by atoms with Crippen molar-refractivity contribution in [1.29, 1.82) is 0 Å². The third kappa shape index (κ3) is 3.22. The lowest BCUT2D eigenvalue weighted by Gasteiger charge is -2.34. The minimum atomic E-state index is 0.778. The van der Waals surface area contributed by atoms with Crippen molar-refractivity contribution in [2.24, 2.45) is 29.6 Å². The Bertz CT molecular complexity index is 315. The van der Waals surface area contributed by atoms with Crippen LogP contribution in [0.3, 0.4) is 0 Å². The number of hydrogen-bond acceptors (Lipinski definition) is 2. The molecule has 0 aromatic heterocycles. The van der Waals surface area contributed by atoms with Gasteiger partial charge in [0.05, 0.1) is 0 Å². The van der Waals surface area contributed by atoms with Crippen LogP contribution < -0.4 is 5.32 Å². The Morgan fingerprint density at radius 2 is 1.95 bits per heavy atom. The number of rotatable bonds is 6. The Hall–Kier alpha value is -0.0800. The largest absolute Gasteiger partial charge is 0.316 e.